The predicted molar refractivity (Wildman–Crippen MR) is 108 cm³/mol. The van der Waals surface area contributed by atoms with Crippen molar-refractivity contribution >= 4 is 22.7 Å². The van der Waals surface area contributed by atoms with Gasteiger partial charge in [0.25, 0.3) is 0 Å². The van der Waals surface area contributed by atoms with Crippen molar-refractivity contribution in [2.24, 2.45) is 0 Å². The van der Waals surface area contributed by atoms with Crippen LogP contribution >= 0.6 is 0 Å². The van der Waals surface area contributed by atoms with Crippen LogP contribution in [0.25, 0.3) is 10.8 Å². The Labute approximate surface area is 165 Å². The summed E-state index contributed by atoms with van der Waals surface area (Å²) in [5.74, 6) is -0.0756. The fourth-order valence-electron chi connectivity index (χ4n) is 4.14. The van der Waals surface area contributed by atoms with Crippen LogP contribution in [-0.2, 0) is 16.1 Å². The maximum atomic E-state index is 12.7. The fraction of sp³-hybridized carbons (Fsp3) is 0.455. The number of hydrogen-bond acceptors (Lipinski definition) is 3. The third kappa shape index (κ3) is 4.12. The number of rotatable bonds is 5. The van der Waals surface area contributed by atoms with Crippen molar-refractivity contribution in [3.05, 3.63) is 48.0 Å². The Kier molecular flexibility index (Phi) is 5.76. The van der Waals surface area contributed by atoms with Crippen molar-refractivity contribution in [2.45, 2.75) is 44.4 Å². The van der Waals surface area contributed by atoms with Gasteiger partial charge >= 0.3 is 6.03 Å². The third-order valence-corrected chi connectivity index (χ3v) is 5.65. The molecule has 2 N–H and O–H groups in total. The molecule has 0 spiro atoms. The molecule has 2 fully saturated rings. The average molecular weight is 381 g/mol. The van der Waals surface area contributed by atoms with Crippen LogP contribution in [0.1, 0.15) is 31.2 Å². The topological polar surface area (TPSA) is 70.7 Å². The molecule has 6 heteroatoms. The Morgan fingerprint density at radius 3 is 2.75 bits per heavy atom. The summed E-state index contributed by atoms with van der Waals surface area (Å²) in [7, 11) is 0. The van der Waals surface area contributed by atoms with Crippen LogP contribution in [0.4, 0.5) is 4.79 Å². The maximum absolute atomic E-state index is 12.7. The van der Waals surface area contributed by atoms with E-state index in [1.807, 2.05) is 24.3 Å². The zero-order valence-corrected chi connectivity index (χ0v) is 16.0. The van der Waals surface area contributed by atoms with Crippen LogP contribution in [0.3, 0.4) is 0 Å². The number of amides is 3. The van der Waals surface area contributed by atoms with Crippen LogP contribution in [0.2, 0.25) is 0 Å². The van der Waals surface area contributed by atoms with Crippen molar-refractivity contribution in [3.63, 3.8) is 0 Å². The van der Waals surface area contributed by atoms with E-state index in [0.29, 0.717) is 26.1 Å². The van der Waals surface area contributed by atoms with Crippen LogP contribution in [0.15, 0.2) is 42.5 Å². The first-order valence-corrected chi connectivity index (χ1v) is 10.1. The molecule has 3 amide bonds. The third-order valence-electron chi connectivity index (χ3n) is 5.65. The van der Waals surface area contributed by atoms with E-state index in [9.17, 15) is 9.59 Å². The molecule has 2 saturated heterocycles. The largest absolute Gasteiger partial charge is 0.376 e. The van der Waals surface area contributed by atoms with Crippen molar-refractivity contribution in [1.82, 2.24) is 15.5 Å². The van der Waals surface area contributed by atoms with Gasteiger partial charge in [-0.05, 0) is 42.0 Å². The molecule has 2 aliphatic heterocycles. The molecule has 1 unspecified atom stereocenters. The summed E-state index contributed by atoms with van der Waals surface area (Å²) < 4.78 is 5.56. The number of nitrogens with one attached hydrogen (secondary N) is 2. The minimum absolute atomic E-state index is 0.0756. The highest BCUT2D eigenvalue weighted by molar-refractivity contribution is 5.88. The molecular formula is C22H27N3O3. The molecule has 28 heavy (non-hydrogen) atoms. The van der Waals surface area contributed by atoms with Gasteiger partial charge in [-0.15, -0.1) is 0 Å². The molecule has 2 aliphatic rings. The van der Waals surface area contributed by atoms with E-state index >= 15 is 0 Å². The Morgan fingerprint density at radius 1 is 1.04 bits per heavy atom. The molecule has 0 bridgehead atoms. The number of fused-ring (bicyclic) bond motifs is 1. The van der Waals surface area contributed by atoms with Crippen LogP contribution in [0, 0.1) is 0 Å². The number of carbonyl (C=O) groups excluding carboxylic acids is 2. The second-order valence-corrected chi connectivity index (χ2v) is 7.53. The predicted octanol–water partition coefficient (Wildman–Crippen LogP) is 2.81. The van der Waals surface area contributed by atoms with Gasteiger partial charge in [0.15, 0.2) is 0 Å². The number of carbonyl (C=O) groups is 2. The van der Waals surface area contributed by atoms with E-state index in [1.54, 1.807) is 4.90 Å². The Hall–Kier alpha value is -2.60. The number of likely N-dealkylation sites (tertiary alicyclic amines) is 1. The maximum Gasteiger partial charge on any atom is 0.318 e. The molecular weight excluding hydrogens is 354 g/mol. The first kappa shape index (κ1) is 18.7. The molecule has 0 aliphatic carbocycles. The summed E-state index contributed by atoms with van der Waals surface area (Å²) >= 11 is 0. The molecule has 2 atom stereocenters. The summed E-state index contributed by atoms with van der Waals surface area (Å²) in [6, 6.07) is 13.7. The first-order valence-electron chi connectivity index (χ1n) is 10.1. The second kappa shape index (κ2) is 8.61. The lowest BCUT2D eigenvalue weighted by atomic mass is 10.0. The van der Waals surface area contributed by atoms with E-state index in [4.69, 9.17) is 4.74 Å². The van der Waals surface area contributed by atoms with E-state index < -0.39 is 6.04 Å². The summed E-state index contributed by atoms with van der Waals surface area (Å²) in [6.45, 7) is 2.35. The fourth-order valence-corrected chi connectivity index (χ4v) is 4.14. The average Bonchev–Trinajstić information content (AvgIpc) is 3.42. The van der Waals surface area contributed by atoms with Crippen molar-refractivity contribution in [2.75, 3.05) is 19.7 Å². The highest BCUT2D eigenvalue weighted by atomic mass is 16.5. The lowest BCUT2D eigenvalue weighted by Crippen LogP contribution is -2.50. The lowest BCUT2D eigenvalue weighted by molar-refractivity contribution is -0.125. The van der Waals surface area contributed by atoms with Gasteiger partial charge in [0.05, 0.1) is 6.10 Å². The van der Waals surface area contributed by atoms with Crippen LogP contribution in [-0.4, -0.2) is 48.7 Å². The molecule has 0 radical (unpaired) electrons. The summed E-state index contributed by atoms with van der Waals surface area (Å²) in [4.78, 5) is 27.0. The number of urea groups is 1. The minimum Gasteiger partial charge on any atom is -0.376 e. The molecule has 2 heterocycles. The Balaban J connectivity index is 1.34. The van der Waals surface area contributed by atoms with Crippen molar-refractivity contribution in [3.8, 4) is 0 Å². The summed E-state index contributed by atoms with van der Waals surface area (Å²) in [5, 5.41) is 8.25. The Bertz CT molecular complexity index is 843. The van der Waals surface area contributed by atoms with Crippen LogP contribution in [0.5, 0.6) is 0 Å². The van der Waals surface area contributed by atoms with Gasteiger partial charge in [0.1, 0.15) is 6.04 Å². The molecule has 2 aromatic rings. The van der Waals surface area contributed by atoms with Gasteiger partial charge in [-0.3, -0.25) is 4.79 Å². The molecule has 2 aromatic carbocycles. The standard InChI is InChI=1S/C22H27N3O3/c26-21(23-15-18-9-5-13-28-18)20-11-4-12-25(20)22(27)24-14-17-8-3-7-16-6-1-2-10-19(16)17/h1-3,6-8,10,18,20H,4-5,9,11-15H2,(H,23,26)(H,24,27)/t18?,20-/m0/s1. The van der Waals surface area contributed by atoms with Gasteiger partial charge < -0.3 is 20.3 Å². The number of benzene rings is 2. The number of nitrogens with zero attached hydrogens (tertiary/aromatic N) is 1. The molecule has 4 rings (SSSR count). The van der Waals surface area contributed by atoms with Gasteiger partial charge in [0, 0.05) is 26.2 Å². The molecule has 0 aromatic heterocycles. The zero-order chi connectivity index (χ0) is 19.3. The van der Waals surface area contributed by atoms with Crippen molar-refractivity contribution in [1.29, 1.82) is 0 Å². The van der Waals surface area contributed by atoms with Gasteiger partial charge in [-0.25, -0.2) is 4.79 Å². The van der Waals surface area contributed by atoms with Gasteiger partial charge in [-0.1, -0.05) is 42.5 Å². The molecule has 0 saturated carbocycles. The van der Waals surface area contributed by atoms with E-state index in [-0.39, 0.29) is 18.0 Å². The quantitative estimate of drug-likeness (QED) is 0.837. The highest BCUT2D eigenvalue weighted by Crippen LogP contribution is 2.20. The summed E-state index contributed by atoms with van der Waals surface area (Å²) in [6.07, 6.45) is 3.70. The van der Waals surface area contributed by atoms with E-state index in [1.165, 1.54) is 0 Å². The van der Waals surface area contributed by atoms with E-state index in [2.05, 4.69) is 28.8 Å². The highest BCUT2D eigenvalue weighted by Gasteiger charge is 2.34. The number of hydrogen-bond donors (Lipinski definition) is 2. The Morgan fingerprint density at radius 2 is 1.89 bits per heavy atom. The zero-order valence-electron chi connectivity index (χ0n) is 16.0. The van der Waals surface area contributed by atoms with Crippen molar-refractivity contribution < 1.29 is 14.3 Å². The van der Waals surface area contributed by atoms with Crippen LogP contribution < -0.4 is 10.6 Å². The number of ether oxygens (including phenoxy) is 1. The van der Waals surface area contributed by atoms with E-state index in [0.717, 1.165) is 42.2 Å². The lowest BCUT2D eigenvalue weighted by Gasteiger charge is -2.25. The monoisotopic (exact) mass is 381 g/mol. The second-order valence-electron chi connectivity index (χ2n) is 7.53. The minimum atomic E-state index is -0.395. The molecule has 148 valence electrons. The van der Waals surface area contributed by atoms with Gasteiger partial charge in [0.2, 0.25) is 5.91 Å². The summed E-state index contributed by atoms with van der Waals surface area (Å²) in [5.41, 5.74) is 1.07. The molecule has 6 nitrogen and oxygen atoms in total. The van der Waals surface area contributed by atoms with Gasteiger partial charge in [-0.2, -0.15) is 0 Å². The SMILES string of the molecule is O=C(NCC1CCCO1)[C@@H]1CCCN1C(=O)NCc1cccc2ccccc12. The first-order chi connectivity index (χ1) is 13.7. The normalized spacial score (nSPS) is 21.8. The smallest absolute Gasteiger partial charge is 0.318 e.